The SMILES string of the molecule is S=C(N/N=C(/c1ccccn1)C1C=CC=CC1)c1ccccc1. The van der Waals surface area contributed by atoms with Crippen molar-refractivity contribution in [2.45, 2.75) is 6.42 Å². The zero-order chi connectivity index (χ0) is 15.9. The van der Waals surface area contributed by atoms with Crippen LogP contribution in [-0.4, -0.2) is 15.7 Å². The molecular weight excluding hydrogens is 302 g/mol. The Morgan fingerprint density at radius 1 is 1.09 bits per heavy atom. The van der Waals surface area contributed by atoms with Gasteiger partial charge < -0.3 is 0 Å². The lowest BCUT2D eigenvalue weighted by Gasteiger charge is -2.16. The number of rotatable bonds is 4. The van der Waals surface area contributed by atoms with E-state index < -0.39 is 0 Å². The van der Waals surface area contributed by atoms with E-state index in [9.17, 15) is 0 Å². The average molecular weight is 319 g/mol. The number of pyridine rings is 1. The van der Waals surface area contributed by atoms with Crippen molar-refractivity contribution in [1.29, 1.82) is 0 Å². The highest BCUT2D eigenvalue weighted by atomic mass is 32.1. The summed E-state index contributed by atoms with van der Waals surface area (Å²) in [4.78, 5) is 5.04. The zero-order valence-corrected chi connectivity index (χ0v) is 13.4. The number of hydrazone groups is 1. The van der Waals surface area contributed by atoms with Gasteiger partial charge in [-0.05, 0) is 18.6 Å². The normalized spacial score (nSPS) is 17.0. The van der Waals surface area contributed by atoms with Gasteiger partial charge in [-0.3, -0.25) is 10.4 Å². The molecule has 0 saturated carbocycles. The highest BCUT2D eigenvalue weighted by Crippen LogP contribution is 2.17. The van der Waals surface area contributed by atoms with Gasteiger partial charge in [-0.2, -0.15) is 5.10 Å². The van der Waals surface area contributed by atoms with E-state index in [4.69, 9.17) is 12.2 Å². The molecule has 0 aliphatic heterocycles. The van der Waals surface area contributed by atoms with Crippen LogP contribution in [0.4, 0.5) is 0 Å². The summed E-state index contributed by atoms with van der Waals surface area (Å²) in [6.07, 6.45) is 11.1. The van der Waals surface area contributed by atoms with Gasteiger partial charge in [0.05, 0.1) is 11.4 Å². The van der Waals surface area contributed by atoms with Crippen LogP contribution in [0.5, 0.6) is 0 Å². The molecule has 1 heterocycles. The fourth-order valence-electron chi connectivity index (χ4n) is 2.39. The van der Waals surface area contributed by atoms with E-state index in [2.05, 4.69) is 33.7 Å². The monoisotopic (exact) mass is 319 g/mol. The summed E-state index contributed by atoms with van der Waals surface area (Å²) < 4.78 is 0. The van der Waals surface area contributed by atoms with Crippen molar-refractivity contribution in [3.8, 4) is 0 Å². The second-order valence-corrected chi connectivity index (χ2v) is 5.58. The summed E-state index contributed by atoms with van der Waals surface area (Å²) in [7, 11) is 0. The molecule has 0 amide bonds. The number of benzene rings is 1. The molecule has 1 N–H and O–H groups in total. The number of nitrogens with zero attached hydrogens (tertiary/aromatic N) is 2. The molecule has 23 heavy (non-hydrogen) atoms. The molecule has 1 aliphatic rings. The molecule has 3 rings (SSSR count). The molecule has 0 fully saturated rings. The first-order valence-electron chi connectivity index (χ1n) is 7.52. The van der Waals surface area contributed by atoms with E-state index in [-0.39, 0.29) is 5.92 Å². The topological polar surface area (TPSA) is 37.3 Å². The Kier molecular flexibility index (Phi) is 5.06. The lowest BCUT2D eigenvalue weighted by molar-refractivity contribution is 0.845. The highest BCUT2D eigenvalue weighted by molar-refractivity contribution is 7.80. The molecule has 3 nitrogen and oxygen atoms in total. The molecule has 1 atom stereocenters. The Morgan fingerprint density at radius 2 is 1.91 bits per heavy atom. The Hall–Kier alpha value is -2.59. The van der Waals surface area contributed by atoms with Crippen LogP contribution in [0.25, 0.3) is 0 Å². The summed E-state index contributed by atoms with van der Waals surface area (Å²) in [5, 5.41) is 4.57. The van der Waals surface area contributed by atoms with Crippen molar-refractivity contribution in [2.75, 3.05) is 0 Å². The quantitative estimate of drug-likeness (QED) is 0.528. The average Bonchev–Trinajstić information content (AvgIpc) is 2.64. The number of nitrogens with one attached hydrogen (secondary N) is 1. The van der Waals surface area contributed by atoms with Crippen LogP contribution >= 0.6 is 12.2 Å². The maximum Gasteiger partial charge on any atom is 0.126 e. The number of thiocarbonyl (C=S) groups is 1. The summed E-state index contributed by atoms with van der Waals surface area (Å²) >= 11 is 5.42. The highest BCUT2D eigenvalue weighted by Gasteiger charge is 2.17. The van der Waals surface area contributed by atoms with Crippen molar-refractivity contribution >= 4 is 22.9 Å². The van der Waals surface area contributed by atoms with E-state index in [1.807, 2.05) is 54.6 Å². The van der Waals surface area contributed by atoms with Crippen LogP contribution in [0.1, 0.15) is 17.7 Å². The second kappa shape index (κ2) is 7.61. The maximum absolute atomic E-state index is 5.42. The van der Waals surface area contributed by atoms with Crippen molar-refractivity contribution < 1.29 is 0 Å². The van der Waals surface area contributed by atoms with Crippen LogP contribution in [0.2, 0.25) is 0 Å². The molecule has 0 bridgehead atoms. The van der Waals surface area contributed by atoms with E-state index in [0.29, 0.717) is 4.99 Å². The minimum atomic E-state index is 0.195. The van der Waals surface area contributed by atoms with Crippen LogP contribution in [0.15, 0.2) is 84.1 Å². The third-order valence-corrected chi connectivity index (χ3v) is 3.90. The van der Waals surface area contributed by atoms with Gasteiger partial charge in [0.15, 0.2) is 0 Å². The van der Waals surface area contributed by atoms with Gasteiger partial charge in [0.2, 0.25) is 0 Å². The third kappa shape index (κ3) is 3.99. The van der Waals surface area contributed by atoms with E-state index in [1.54, 1.807) is 6.20 Å². The van der Waals surface area contributed by atoms with Gasteiger partial charge in [0, 0.05) is 17.7 Å². The standard InChI is InChI=1S/C19H17N3S/c23-19(16-11-5-2-6-12-16)22-21-18(15-9-3-1-4-10-15)17-13-7-8-14-20-17/h1-9,11-15H,10H2,(H,22,23)/b21-18+. The predicted molar refractivity (Wildman–Crippen MR) is 98.4 cm³/mol. The first-order chi connectivity index (χ1) is 11.3. The molecule has 1 aromatic heterocycles. The van der Waals surface area contributed by atoms with Gasteiger partial charge in [-0.15, -0.1) is 0 Å². The van der Waals surface area contributed by atoms with Crippen LogP contribution in [0, 0.1) is 5.92 Å². The van der Waals surface area contributed by atoms with Crippen LogP contribution < -0.4 is 5.43 Å². The Morgan fingerprint density at radius 3 is 2.61 bits per heavy atom. The van der Waals surface area contributed by atoms with E-state index in [1.165, 1.54) is 0 Å². The molecular formula is C19H17N3S. The molecule has 0 spiro atoms. The first kappa shape index (κ1) is 15.3. The Labute approximate surface area is 141 Å². The largest absolute Gasteiger partial charge is 0.267 e. The van der Waals surface area contributed by atoms with Gasteiger partial charge in [0.1, 0.15) is 4.99 Å². The van der Waals surface area contributed by atoms with E-state index in [0.717, 1.165) is 23.4 Å². The Balaban J connectivity index is 1.84. The fourth-order valence-corrected chi connectivity index (χ4v) is 2.57. The summed E-state index contributed by atoms with van der Waals surface area (Å²) in [6.45, 7) is 0. The van der Waals surface area contributed by atoms with Gasteiger partial charge in [0.25, 0.3) is 0 Å². The number of allylic oxidation sites excluding steroid dienone is 4. The zero-order valence-electron chi connectivity index (χ0n) is 12.6. The first-order valence-corrected chi connectivity index (χ1v) is 7.93. The second-order valence-electron chi connectivity index (χ2n) is 5.17. The minimum Gasteiger partial charge on any atom is -0.267 e. The smallest absolute Gasteiger partial charge is 0.126 e. The molecule has 1 aromatic carbocycles. The fraction of sp³-hybridized carbons (Fsp3) is 0.105. The Bertz CT molecular complexity index is 749. The number of hydrogen-bond acceptors (Lipinski definition) is 3. The maximum atomic E-state index is 5.42. The molecule has 0 radical (unpaired) electrons. The van der Waals surface area contributed by atoms with Crippen LogP contribution in [-0.2, 0) is 0 Å². The number of aromatic nitrogens is 1. The summed E-state index contributed by atoms with van der Waals surface area (Å²) in [5.74, 6) is 0.195. The molecule has 1 unspecified atom stereocenters. The summed E-state index contributed by atoms with van der Waals surface area (Å²) in [5.41, 5.74) is 5.72. The number of hydrogen-bond donors (Lipinski definition) is 1. The van der Waals surface area contributed by atoms with Crippen LogP contribution in [0.3, 0.4) is 0 Å². The molecule has 2 aromatic rings. The van der Waals surface area contributed by atoms with Gasteiger partial charge in [-0.1, -0.05) is 72.9 Å². The molecule has 0 saturated heterocycles. The van der Waals surface area contributed by atoms with Crippen molar-refractivity contribution in [3.63, 3.8) is 0 Å². The summed E-state index contributed by atoms with van der Waals surface area (Å²) in [6, 6.07) is 15.7. The van der Waals surface area contributed by atoms with Crippen molar-refractivity contribution in [2.24, 2.45) is 11.0 Å². The lowest BCUT2D eigenvalue weighted by Crippen LogP contribution is -2.23. The lowest BCUT2D eigenvalue weighted by atomic mass is 9.93. The van der Waals surface area contributed by atoms with E-state index >= 15 is 0 Å². The van der Waals surface area contributed by atoms with Crippen molar-refractivity contribution in [3.05, 3.63) is 90.3 Å². The molecule has 1 aliphatic carbocycles. The van der Waals surface area contributed by atoms with Gasteiger partial charge >= 0.3 is 0 Å². The van der Waals surface area contributed by atoms with Gasteiger partial charge in [-0.25, -0.2) is 0 Å². The molecule has 4 heteroatoms. The third-order valence-electron chi connectivity index (χ3n) is 3.57. The molecule has 114 valence electrons. The minimum absolute atomic E-state index is 0.195. The van der Waals surface area contributed by atoms with Crippen molar-refractivity contribution in [1.82, 2.24) is 10.4 Å². The predicted octanol–water partition coefficient (Wildman–Crippen LogP) is 3.88.